The van der Waals surface area contributed by atoms with E-state index >= 15 is 0 Å². The summed E-state index contributed by atoms with van der Waals surface area (Å²) >= 11 is 4.24. The molecule has 0 unspecified atom stereocenters. The normalized spacial score (nSPS) is 8.18. The minimum Gasteiger partial charge on any atom is -0.300 e. The van der Waals surface area contributed by atoms with E-state index < -0.39 is 9.84 Å². The molecular formula is C5H12I2O3S. The highest BCUT2D eigenvalue weighted by Gasteiger charge is 1.79. The molecule has 0 aromatic heterocycles. The highest BCUT2D eigenvalue weighted by molar-refractivity contribution is 15.0. The van der Waals surface area contributed by atoms with E-state index in [0.717, 1.165) is 12.5 Å². The van der Waals surface area contributed by atoms with Gasteiger partial charge in [0.15, 0.2) is 0 Å². The Morgan fingerprint density at radius 1 is 1.09 bits per heavy atom. The van der Waals surface area contributed by atoms with Crippen molar-refractivity contribution in [3.8, 4) is 0 Å². The van der Waals surface area contributed by atoms with Crippen molar-refractivity contribution in [2.24, 2.45) is 0 Å². The van der Waals surface area contributed by atoms with Gasteiger partial charge in [-0.1, -0.05) is 0 Å². The predicted molar refractivity (Wildman–Crippen MR) is 65.2 cm³/mol. The van der Waals surface area contributed by atoms with Crippen LogP contribution in [0.15, 0.2) is 0 Å². The third-order valence-corrected chi connectivity index (χ3v) is 0. The number of hydrogen-bond acceptors (Lipinski definition) is 3. The Morgan fingerprint density at radius 2 is 1.09 bits per heavy atom. The van der Waals surface area contributed by atoms with E-state index in [1.807, 2.05) is 0 Å². The first-order chi connectivity index (χ1) is 4.73. The zero-order chi connectivity index (χ0) is 10.1. The second kappa shape index (κ2) is 11.1. The summed E-state index contributed by atoms with van der Waals surface area (Å²) in [5, 5.41) is 0. The van der Waals surface area contributed by atoms with Crippen LogP contribution in [0.3, 0.4) is 0 Å². The van der Waals surface area contributed by atoms with Gasteiger partial charge in [0.2, 0.25) is 0 Å². The van der Waals surface area contributed by atoms with Crippen molar-refractivity contribution in [1.82, 2.24) is 0 Å². The number of hydrogen-bond donors (Lipinski definition) is 0. The van der Waals surface area contributed by atoms with Gasteiger partial charge in [-0.3, -0.25) is 0 Å². The average molecular weight is 406 g/mol. The van der Waals surface area contributed by atoms with Crippen LogP contribution in [-0.4, -0.2) is 26.7 Å². The summed E-state index contributed by atoms with van der Waals surface area (Å²) in [4.78, 5) is 9.44. The molecule has 6 heteroatoms. The lowest BCUT2D eigenvalue weighted by atomic mass is 10.6. The molecule has 3 nitrogen and oxygen atoms in total. The quantitative estimate of drug-likeness (QED) is 0.579. The van der Waals surface area contributed by atoms with E-state index in [-0.39, 0.29) is 5.78 Å². The van der Waals surface area contributed by atoms with Gasteiger partial charge >= 0.3 is 0 Å². The second-order valence-electron chi connectivity index (χ2n) is 2.05. The SMILES string of the molecule is CC(C)=O.CS(C)(=O)=O.II. The largest absolute Gasteiger partial charge is 0.300 e. The fourth-order valence-corrected chi connectivity index (χ4v) is 0. The number of carbonyl (C=O) groups excluding carboxylic acids is 1. The van der Waals surface area contributed by atoms with E-state index in [4.69, 9.17) is 0 Å². The van der Waals surface area contributed by atoms with Crippen LogP contribution in [0, 0.1) is 0 Å². The van der Waals surface area contributed by atoms with Crippen molar-refractivity contribution in [1.29, 1.82) is 0 Å². The zero-order valence-electron chi connectivity index (χ0n) is 6.89. The average Bonchev–Trinajstić information content (AvgIpc) is 1.63. The molecule has 0 saturated heterocycles. The molecule has 0 N–H and O–H groups in total. The zero-order valence-corrected chi connectivity index (χ0v) is 12.0. The number of sulfone groups is 1. The first-order valence-corrected chi connectivity index (χ1v) is 11.1. The number of rotatable bonds is 0. The molecule has 0 aliphatic rings. The number of carbonyl (C=O) groups is 1. The van der Waals surface area contributed by atoms with Gasteiger partial charge in [0.25, 0.3) is 0 Å². The Kier molecular flexibility index (Phi) is 18.1. The Morgan fingerprint density at radius 3 is 1.09 bits per heavy atom. The first-order valence-electron chi connectivity index (χ1n) is 2.50. The third kappa shape index (κ3) is 783. The maximum absolute atomic E-state index is 9.63. The van der Waals surface area contributed by atoms with Crippen LogP contribution >= 0.6 is 37.2 Å². The summed E-state index contributed by atoms with van der Waals surface area (Å²) in [6.45, 7) is 3.06. The Labute approximate surface area is 91.6 Å². The molecule has 0 spiro atoms. The molecule has 11 heavy (non-hydrogen) atoms. The smallest absolute Gasteiger partial charge is 0.144 e. The van der Waals surface area contributed by atoms with Gasteiger partial charge in [-0.25, -0.2) is 8.42 Å². The van der Waals surface area contributed by atoms with Gasteiger partial charge in [0, 0.05) is 49.7 Å². The van der Waals surface area contributed by atoms with E-state index in [9.17, 15) is 13.2 Å². The van der Waals surface area contributed by atoms with Crippen LogP contribution in [0.1, 0.15) is 13.8 Å². The van der Waals surface area contributed by atoms with Crippen molar-refractivity contribution < 1.29 is 13.2 Å². The second-order valence-corrected chi connectivity index (χ2v) is 4.34. The van der Waals surface area contributed by atoms with Gasteiger partial charge in [-0.05, 0) is 13.8 Å². The summed E-state index contributed by atoms with van der Waals surface area (Å²) in [6, 6.07) is 0. The Balaban J connectivity index is -0.0000000965. The third-order valence-electron chi connectivity index (χ3n) is 0. The fraction of sp³-hybridized carbons (Fsp3) is 0.800. The van der Waals surface area contributed by atoms with E-state index in [2.05, 4.69) is 37.2 Å². The highest BCUT2D eigenvalue weighted by atomic mass is 128. The number of Topliss-reactive ketones (excluding diaryl/α,β-unsaturated/α-hetero) is 1. The van der Waals surface area contributed by atoms with E-state index in [0.29, 0.717) is 0 Å². The molecular weight excluding hydrogens is 394 g/mol. The molecule has 0 bridgehead atoms. The fourth-order valence-electron chi connectivity index (χ4n) is 0. The predicted octanol–water partition coefficient (Wildman–Crippen LogP) is 2.03. The molecule has 70 valence electrons. The molecule has 0 aromatic carbocycles. The van der Waals surface area contributed by atoms with E-state index in [1.165, 1.54) is 13.8 Å². The summed E-state index contributed by atoms with van der Waals surface area (Å²) in [5.41, 5.74) is 0. The minimum atomic E-state index is -2.67. The summed E-state index contributed by atoms with van der Waals surface area (Å²) in [7, 11) is -2.67. The number of halogens is 2. The van der Waals surface area contributed by atoms with Gasteiger partial charge in [-0.15, -0.1) is 0 Å². The van der Waals surface area contributed by atoms with Crippen molar-refractivity contribution >= 4 is 52.9 Å². The molecule has 0 aromatic rings. The summed E-state index contributed by atoms with van der Waals surface area (Å²) < 4.78 is 19.3. The van der Waals surface area contributed by atoms with Gasteiger partial charge in [0.05, 0.1) is 0 Å². The maximum atomic E-state index is 9.63. The van der Waals surface area contributed by atoms with Crippen LogP contribution in [0.4, 0.5) is 0 Å². The van der Waals surface area contributed by atoms with Crippen LogP contribution in [0.5, 0.6) is 0 Å². The van der Waals surface area contributed by atoms with E-state index in [1.54, 1.807) is 0 Å². The standard InChI is InChI=1S/C3H6O.C2H6O2S.I2/c1-3(2)4;1-5(2,3)4;1-2/h1-2H3;1-2H3;. The Bertz CT molecular complexity index is 162. The molecule has 0 atom stereocenters. The maximum Gasteiger partial charge on any atom is 0.144 e. The molecule has 0 saturated carbocycles. The lowest BCUT2D eigenvalue weighted by Crippen LogP contribution is -1.86. The molecule has 0 radical (unpaired) electrons. The van der Waals surface area contributed by atoms with Crippen LogP contribution < -0.4 is 0 Å². The van der Waals surface area contributed by atoms with Crippen molar-refractivity contribution in [3.63, 3.8) is 0 Å². The van der Waals surface area contributed by atoms with Crippen molar-refractivity contribution in [2.75, 3.05) is 12.5 Å². The monoisotopic (exact) mass is 406 g/mol. The molecule has 0 rings (SSSR count). The van der Waals surface area contributed by atoms with Crippen LogP contribution in [0.25, 0.3) is 0 Å². The van der Waals surface area contributed by atoms with Gasteiger partial charge < -0.3 is 4.79 Å². The first kappa shape index (κ1) is 18.0. The number of ketones is 1. The van der Waals surface area contributed by atoms with Crippen LogP contribution in [-0.2, 0) is 14.6 Å². The topological polar surface area (TPSA) is 51.2 Å². The van der Waals surface area contributed by atoms with Crippen molar-refractivity contribution in [2.45, 2.75) is 13.8 Å². The Hall–Kier alpha value is 1.08. The summed E-state index contributed by atoms with van der Waals surface area (Å²) in [5.74, 6) is 0.167. The van der Waals surface area contributed by atoms with Crippen molar-refractivity contribution in [3.05, 3.63) is 0 Å². The minimum absolute atomic E-state index is 0.167. The molecule has 0 fully saturated rings. The van der Waals surface area contributed by atoms with Gasteiger partial charge in [0.1, 0.15) is 15.6 Å². The molecule has 0 aliphatic heterocycles. The molecule has 0 amide bonds. The summed E-state index contributed by atoms with van der Waals surface area (Å²) in [6.07, 6.45) is 2.32. The van der Waals surface area contributed by atoms with Gasteiger partial charge in [-0.2, -0.15) is 0 Å². The highest BCUT2D eigenvalue weighted by Crippen LogP contribution is 1.89. The lowest BCUT2D eigenvalue weighted by Gasteiger charge is -1.69. The molecule has 0 heterocycles. The molecule has 0 aliphatic carbocycles. The lowest BCUT2D eigenvalue weighted by molar-refractivity contribution is -0.114. The van der Waals surface area contributed by atoms with Crippen LogP contribution in [0.2, 0.25) is 0 Å².